The highest BCUT2D eigenvalue weighted by Crippen LogP contribution is 2.22. The fourth-order valence-corrected chi connectivity index (χ4v) is 1.96. The molecule has 1 aromatic carbocycles. The molecule has 0 aliphatic carbocycles. The molecular weight excluding hydrogens is 226 g/mol. The molecule has 0 saturated heterocycles. The molecule has 4 nitrogen and oxygen atoms in total. The van der Waals surface area contributed by atoms with Crippen LogP contribution in [0.3, 0.4) is 0 Å². The molecule has 0 aliphatic rings. The molecular formula is C14H19N3O. The molecule has 1 atom stereocenters. The Labute approximate surface area is 107 Å². The van der Waals surface area contributed by atoms with Gasteiger partial charge in [-0.15, -0.1) is 0 Å². The van der Waals surface area contributed by atoms with Gasteiger partial charge in [-0.1, -0.05) is 30.3 Å². The van der Waals surface area contributed by atoms with E-state index in [1.807, 2.05) is 12.1 Å². The van der Waals surface area contributed by atoms with Gasteiger partial charge in [-0.05, 0) is 37.0 Å². The molecule has 1 aromatic heterocycles. The number of hydrogen-bond donors (Lipinski definition) is 1. The van der Waals surface area contributed by atoms with Gasteiger partial charge < -0.3 is 10.3 Å². The van der Waals surface area contributed by atoms with Crippen molar-refractivity contribution in [2.45, 2.75) is 39.7 Å². The number of nitrogens with zero attached hydrogens (tertiary/aromatic N) is 2. The highest BCUT2D eigenvalue weighted by molar-refractivity contribution is 5.37. The predicted octanol–water partition coefficient (Wildman–Crippen LogP) is 2.69. The molecule has 2 rings (SSSR count). The van der Waals surface area contributed by atoms with E-state index in [-0.39, 0.29) is 6.04 Å². The third-order valence-corrected chi connectivity index (χ3v) is 3.21. The monoisotopic (exact) mass is 245 g/mol. The molecule has 2 N–H and O–H groups in total. The summed E-state index contributed by atoms with van der Waals surface area (Å²) in [6, 6.07) is 5.77. The first-order chi connectivity index (χ1) is 8.63. The minimum absolute atomic E-state index is 0.320. The molecule has 0 amide bonds. The van der Waals surface area contributed by atoms with Crippen LogP contribution in [-0.2, 0) is 6.42 Å². The summed E-state index contributed by atoms with van der Waals surface area (Å²) in [7, 11) is 0. The van der Waals surface area contributed by atoms with Crippen molar-refractivity contribution in [1.82, 2.24) is 10.1 Å². The highest BCUT2D eigenvalue weighted by atomic mass is 16.5. The topological polar surface area (TPSA) is 64.9 Å². The molecule has 1 heterocycles. The lowest BCUT2D eigenvalue weighted by atomic mass is 9.98. The van der Waals surface area contributed by atoms with Crippen LogP contribution in [-0.4, -0.2) is 10.1 Å². The van der Waals surface area contributed by atoms with Gasteiger partial charge in [-0.3, -0.25) is 0 Å². The summed E-state index contributed by atoms with van der Waals surface area (Å²) >= 11 is 0. The lowest BCUT2D eigenvalue weighted by molar-refractivity contribution is 0.370. The maximum atomic E-state index is 6.21. The van der Waals surface area contributed by atoms with Crippen molar-refractivity contribution in [1.29, 1.82) is 0 Å². The minimum atomic E-state index is -0.320. The molecule has 0 saturated carbocycles. The summed E-state index contributed by atoms with van der Waals surface area (Å²) in [6.45, 7) is 6.22. The van der Waals surface area contributed by atoms with E-state index in [0.717, 1.165) is 18.4 Å². The van der Waals surface area contributed by atoms with E-state index in [2.05, 4.69) is 37.0 Å². The third kappa shape index (κ3) is 2.43. The Morgan fingerprint density at radius 1 is 1.33 bits per heavy atom. The second kappa shape index (κ2) is 5.31. The van der Waals surface area contributed by atoms with Crippen molar-refractivity contribution >= 4 is 0 Å². The zero-order valence-corrected chi connectivity index (χ0v) is 11.1. The van der Waals surface area contributed by atoms with Gasteiger partial charge in [0.1, 0.15) is 0 Å². The van der Waals surface area contributed by atoms with Crippen molar-refractivity contribution in [3.63, 3.8) is 0 Å². The summed E-state index contributed by atoms with van der Waals surface area (Å²) in [5.41, 5.74) is 9.67. The van der Waals surface area contributed by atoms with Gasteiger partial charge in [0.25, 0.3) is 0 Å². The Morgan fingerprint density at radius 3 is 2.83 bits per heavy atom. The number of rotatable bonds is 4. The fourth-order valence-electron chi connectivity index (χ4n) is 1.96. The van der Waals surface area contributed by atoms with Crippen LogP contribution in [0.15, 0.2) is 22.7 Å². The number of hydrogen-bond acceptors (Lipinski definition) is 4. The van der Waals surface area contributed by atoms with E-state index >= 15 is 0 Å². The zero-order valence-electron chi connectivity index (χ0n) is 11.1. The van der Waals surface area contributed by atoms with E-state index < -0.39 is 0 Å². The van der Waals surface area contributed by atoms with Crippen molar-refractivity contribution in [3.8, 4) is 0 Å². The van der Waals surface area contributed by atoms with Crippen molar-refractivity contribution < 1.29 is 4.52 Å². The number of benzene rings is 1. The van der Waals surface area contributed by atoms with Crippen molar-refractivity contribution in [2.24, 2.45) is 5.73 Å². The average molecular weight is 245 g/mol. The summed E-state index contributed by atoms with van der Waals surface area (Å²) < 4.78 is 5.18. The molecule has 0 aliphatic heterocycles. The number of aromatic nitrogens is 2. The zero-order chi connectivity index (χ0) is 13.1. The second-order valence-corrected chi connectivity index (χ2v) is 4.56. The summed E-state index contributed by atoms with van der Waals surface area (Å²) in [5.74, 6) is 1.22. The third-order valence-electron chi connectivity index (χ3n) is 3.21. The molecule has 0 spiro atoms. The SMILES string of the molecule is CCCc1nc(C(N)c2cccc(C)c2C)no1. The Hall–Kier alpha value is -1.68. The molecule has 0 radical (unpaired) electrons. The smallest absolute Gasteiger partial charge is 0.226 e. The molecule has 1 unspecified atom stereocenters. The van der Waals surface area contributed by atoms with Gasteiger partial charge in [-0.2, -0.15) is 4.98 Å². The normalized spacial score (nSPS) is 12.7. The first kappa shape index (κ1) is 12.8. The quantitative estimate of drug-likeness (QED) is 0.899. The van der Waals surface area contributed by atoms with Crippen LogP contribution in [0, 0.1) is 13.8 Å². The maximum absolute atomic E-state index is 6.21. The Bertz CT molecular complexity index is 534. The number of nitrogens with two attached hydrogens (primary N) is 1. The molecule has 0 bridgehead atoms. The summed E-state index contributed by atoms with van der Waals surface area (Å²) in [5, 5.41) is 3.97. The standard InChI is InChI=1S/C14H19N3O/c1-4-6-12-16-14(17-18-12)13(15)11-8-5-7-9(2)10(11)3/h5,7-8,13H,4,6,15H2,1-3H3. The van der Waals surface area contributed by atoms with Crippen LogP contribution in [0.25, 0.3) is 0 Å². The summed E-state index contributed by atoms with van der Waals surface area (Å²) in [4.78, 5) is 4.34. The van der Waals surface area contributed by atoms with Gasteiger partial charge in [0.15, 0.2) is 5.82 Å². The lowest BCUT2D eigenvalue weighted by Gasteiger charge is -2.12. The minimum Gasteiger partial charge on any atom is -0.339 e. The Morgan fingerprint density at radius 2 is 2.11 bits per heavy atom. The second-order valence-electron chi connectivity index (χ2n) is 4.56. The van der Waals surface area contributed by atoms with E-state index in [9.17, 15) is 0 Å². The van der Waals surface area contributed by atoms with Gasteiger partial charge >= 0.3 is 0 Å². The first-order valence-corrected chi connectivity index (χ1v) is 6.27. The van der Waals surface area contributed by atoms with E-state index in [0.29, 0.717) is 11.7 Å². The molecule has 96 valence electrons. The largest absolute Gasteiger partial charge is 0.339 e. The van der Waals surface area contributed by atoms with Crippen molar-refractivity contribution in [3.05, 3.63) is 46.6 Å². The van der Waals surface area contributed by atoms with Crippen LogP contribution in [0.5, 0.6) is 0 Å². The number of aryl methyl sites for hydroxylation is 2. The molecule has 4 heteroatoms. The van der Waals surface area contributed by atoms with Gasteiger partial charge in [0.05, 0.1) is 6.04 Å². The van der Waals surface area contributed by atoms with Gasteiger partial charge in [0.2, 0.25) is 5.89 Å². The maximum Gasteiger partial charge on any atom is 0.226 e. The Balaban J connectivity index is 2.29. The van der Waals surface area contributed by atoms with Crippen LogP contribution in [0.1, 0.15) is 47.8 Å². The summed E-state index contributed by atoms with van der Waals surface area (Å²) in [6.07, 6.45) is 1.78. The first-order valence-electron chi connectivity index (χ1n) is 6.27. The fraction of sp³-hybridized carbons (Fsp3) is 0.429. The van der Waals surface area contributed by atoms with Crippen LogP contribution < -0.4 is 5.73 Å². The molecule has 2 aromatic rings. The van der Waals surface area contributed by atoms with E-state index in [1.165, 1.54) is 11.1 Å². The average Bonchev–Trinajstić information content (AvgIpc) is 2.81. The predicted molar refractivity (Wildman–Crippen MR) is 70.2 cm³/mol. The van der Waals surface area contributed by atoms with Crippen LogP contribution >= 0.6 is 0 Å². The van der Waals surface area contributed by atoms with Gasteiger partial charge in [0, 0.05) is 6.42 Å². The van der Waals surface area contributed by atoms with Crippen LogP contribution in [0.2, 0.25) is 0 Å². The highest BCUT2D eigenvalue weighted by Gasteiger charge is 2.18. The lowest BCUT2D eigenvalue weighted by Crippen LogP contribution is -2.15. The molecule has 0 fully saturated rings. The van der Waals surface area contributed by atoms with E-state index in [4.69, 9.17) is 10.3 Å². The van der Waals surface area contributed by atoms with Crippen molar-refractivity contribution in [2.75, 3.05) is 0 Å². The van der Waals surface area contributed by atoms with Crippen LogP contribution in [0.4, 0.5) is 0 Å². The Kier molecular flexibility index (Phi) is 3.77. The van der Waals surface area contributed by atoms with Gasteiger partial charge in [-0.25, -0.2) is 0 Å². The van der Waals surface area contributed by atoms with E-state index in [1.54, 1.807) is 0 Å². The molecule has 18 heavy (non-hydrogen) atoms.